The fourth-order valence-corrected chi connectivity index (χ4v) is 3.15. The average molecular weight is 494 g/mol. The predicted molar refractivity (Wildman–Crippen MR) is 118 cm³/mol. The van der Waals surface area contributed by atoms with Crippen LogP contribution in [0.3, 0.4) is 0 Å². The van der Waals surface area contributed by atoms with Crippen molar-refractivity contribution in [1.82, 2.24) is 0 Å². The zero-order valence-electron chi connectivity index (χ0n) is 15.3. The topological polar surface area (TPSA) is 71.3 Å². The Morgan fingerprint density at radius 2 is 2.03 bits per heavy atom. The smallest absolute Gasteiger partial charge is 0.266 e. The highest BCUT2D eigenvalue weighted by molar-refractivity contribution is 9.10. The fraction of sp³-hybridized carbons (Fsp3) is 0.143. The Morgan fingerprint density at radius 1 is 1.28 bits per heavy atom. The van der Waals surface area contributed by atoms with Crippen LogP contribution in [-0.2, 0) is 4.79 Å². The van der Waals surface area contributed by atoms with Crippen LogP contribution in [0.15, 0.2) is 40.4 Å². The van der Waals surface area contributed by atoms with Crippen molar-refractivity contribution < 1.29 is 14.3 Å². The summed E-state index contributed by atoms with van der Waals surface area (Å²) >= 11 is 15.2. The number of nitriles is 1. The number of rotatable bonds is 7. The van der Waals surface area contributed by atoms with E-state index in [9.17, 15) is 10.1 Å². The van der Waals surface area contributed by atoms with Gasteiger partial charge in [-0.15, -0.1) is 6.42 Å². The zero-order valence-corrected chi connectivity index (χ0v) is 18.4. The molecule has 0 heterocycles. The Kier molecular flexibility index (Phi) is 8.42. The SMILES string of the molecule is C#CCOc1c(Br)cc(/C=C(\C#N)C(=O)Nc2ccc(Cl)c(Cl)c2)cc1OCC. The van der Waals surface area contributed by atoms with Crippen LogP contribution < -0.4 is 14.8 Å². The van der Waals surface area contributed by atoms with Crippen LogP contribution in [0.1, 0.15) is 12.5 Å². The van der Waals surface area contributed by atoms with E-state index in [1.54, 1.807) is 24.3 Å². The van der Waals surface area contributed by atoms with Gasteiger partial charge in [0.15, 0.2) is 11.5 Å². The van der Waals surface area contributed by atoms with Crippen LogP contribution in [0.4, 0.5) is 5.69 Å². The number of amides is 1. The molecule has 2 aromatic carbocycles. The van der Waals surface area contributed by atoms with Crippen molar-refractivity contribution in [3.8, 4) is 29.9 Å². The molecular weight excluding hydrogens is 479 g/mol. The summed E-state index contributed by atoms with van der Waals surface area (Å²) in [5, 5.41) is 12.7. The first-order chi connectivity index (χ1) is 13.9. The molecule has 1 amide bonds. The molecule has 0 atom stereocenters. The third-order valence-electron chi connectivity index (χ3n) is 3.49. The van der Waals surface area contributed by atoms with E-state index in [1.807, 2.05) is 13.0 Å². The quantitative estimate of drug-likeness (QED) is 0.304. The lowest BCUT2D eigenvalue weighted by Gasteiger charge is -2.13. The zero-order chi connectivity index (χ0) is 21.4. The number of hydrogen-bond acceptors (Lipinski definition) is 4. The van der Waals surface area contributed by atoms with E-state index in [2.05, 4.69) is 27.2 Å². The van der Waals surface area contributed by atoms with Crippen molar-refractivity contribution in [1.29, 1.82) is 5.26 Å². The Hall–Kier alpha value is -2.64. The minimum Gasteiger partial charge on any atom is -0.490 e. The summed E-state index contributed by atoms with van der Waals surface area (Å²) < 4.78 is 11.7. The molecule has 1 N–H and O–H groups in total. The van der Waals surface area contributed by atoms with Gasteiger partial charge in [-0.25, -0.2) is 0 Å². The number of anilines is 1. The second-order valence-corrected chi connectivity index (χ2v) is 7.18. The van der Waals surface area contributed by atoms with Crippen LogP contribution >= 0.6 is 39.1 Å². The average Bonchev–Trinajstić information content (AvgIpc) is 2.68. The highest BCUT2D eigenvalue weighted by Crippen LogP contribution is 2.37. The highest BCUT2D eigenvalue weighted by atomic mass is 79.9. The number of benzene rings is 2. The lowest BCUT2D eigenvalue weighted by Crippen LogP contribution is -2.13. The molecule has 0 fully saturated rings. The first-order valence-corrected chi connectivity index (χ1v) is 9.85. The normalized spacial score (nSPS) is 10.6. The van der Waals surface area contributed by atoms with Gasteiger partial charge in [0, 0.05) is 5.69 Å². The van der Waals surface area contributed by atoms with E-state index in [4.69, 9.17) is 39.1 Å². The van der Waals surface area contributed by atoms with Crippen molar-refractivity contribution in [2.75, 3.05) is 18.5 Å². The summed E-state index contributed by atoms with van der Waals surface area (Å²) in [4.78, 5) is 12.5. The van der Waals surface area contributed by atoms with Crippen molar-refractivity contribution in [3.63, 3.8) is 0 Å². The van der Waals surface area contributed by atoms with Gasteiger partial charge in [0.1, 0.15) is 18.2 Å². The molecule has 0 bridgehead atoms. The van der Waals surface area contributed by atoms with Gasteiger partial charge >= 0.3 is 0 Å². The van der Waals surface area contributed by atoms with Crippen molar-refractivity contribution in [3.05, 3.63) is 56.0 Å². The maximum absolute atomic E-state index is 12.5. The van der Waals surface area contributed by atoms with E-state index in [0.29, 0.717) is 43.9 Å². The van der Waals surface area contributed by atoms with Crippen LogP contribution in [-0.4, -0.2) is 19.1 Å². The Labute approximate surface area is 187 Å². The molecule has 8 heteroatoms. The maximum Gasteiger partial charge on any atom is 0.266 e. The summed E-state index contributed by atoms with van der Waals surface area (Å²) in [6.45, 7) is 2.30. The molecule has 0 saturated heterocycles. The molecule has 2 aromatic rings. The summed E-state index contributed by atoms with van der Waals surface area (Å²) in [6.07, 6.45) is 6.68. The molecule has 0 radical (unpaired) electrons. The molecule has 5 nitrogen and oxygen atoms in total. The van der Waals surface area contributed by atoms with Gasteiger partial charge in [0.25, 0.3) is 5.91 Å². The number of ether oxygens (including phenoxy) is 2. The van der Waals surface area contributed by atoms with Gasteiger partial charge in [-0.2, -0.15) is 5.26 Å². The van der Waals surface area contributed by atoms with Crippen LogP contribution in [0.25, 0.3) is 6.08 Å². The largest absolute Gasteiger partial charge is 0.490 e. The molecule has 0 aliphatic carbocycles. The van der Waals surface area contributed by atoms with Gasteiger partial charge in [0.05, 0.1) is 21.1 Å². The number of hydrogen-bond donors (Lipinski definition) is 1. The molecule has 0 unspecified atom stereocenters. The van der Waals surface area contributed by atoms with E-state index in [1.165, 1.54) is 12.1 Å². The molecule has 0 saturated carbocycles. The van der Waals surface area contributed by atoms with Crippen molar-refractivity contribution in [2.24, 2.45) is 0 Å². The van der Waals surface area contributed by atoms with Gasteiger partial charge in [-0.3, -0.25) is 4.79 Å². The highest BCUT2D eigenvalue weighted by Gasteiger charge is 2.14. The minimum absolute atomic E-state index is 0.0728. The summed E-state index contributed by atoms with van der Waals surface area (Å²) in [6, 6.07) is 9.88. The van der Waals surface area contributed by atoms with Gasteiger partial charge in [-0.1, -0.05) is 29.1 Å². The Balaban J connectivity index is 2.33. The van der Waals surface area contributed by atoms with Crippen LogP contribution in [0.2, 0.25) is 10.0 Å². The van der Waals surface area contributed by atoms with E-state index >= 15 is 0 Å². The van der Waals surface area contributed by atoms with E-state index < -0.39 is 5.91 Å². The van der Waals surface area contributed by atoms with Crippen molar-refractivity contribution >= 4 is 56.8 Å². The number of nitrogens with zero attached hydrogens (tertiary/aromatic N) is 1. The third-order valence-corrected chi connectivity index (χ3v) is 4.81. The summed E-state index contributed by atoms with van der Waals surface area (Å²) in [5.74, 6) is 2.68. The molecule has 0 aromatic heterocycles. The number of nitrogens with one attached hydrogen (secondary N) is 1. The number of carbonyl (C=O) groups is 1. The van der Waals surface area contributed by atoms with Gasteiger partial charge < -0.3 is 14.8 Å². The van der Waals surface area contributed by atoms with E-state index in [-0.39, 0.29) is 12.2 Å². The van der Waals surface area contributed by atoms with Gasteiger partial charge in [-0.05, 0) is 64.8 Å². The molecular formula is C21H15BrCl2N2O3. The standard InChI is InChI=1S/C21H15BrCl2N2O3/c1-3-7-29-20-16(22)9-13(10-19(20)28-4-2)8-14(12-25)21(27)26-15-5-6-17(23)18(24)11-15/h1,5-6,8-11H,4,7H2,2H3,(H,26,27)/b14-8+. The van der Waals surface area contributed by atoms with Gasteiger partial charge in [0.2, 0.25) is 0 Å². The number of halogens is 3. The van der Waals surface area contributed by atoms with E-state index in [0.717, 1.165) is 0 Å². The number of carbonyl (C=O) groups excluding carboxylic acids is 1. The molecule has 148 valence electrons. The number of terminal acetylenes is 1. The summed E-state index contributed by atoms with van der Waals surface area (Å²) in [7, 11) is 0. The lowest BCUT2D eigenvalue weighted by molar-refractivity contribution is -0.112. The fourth-order valence-electron chi connectivity index (χ4n) is 2.28. The van der Waals surface area contributed by atoms with Crippen molar-refractivity contribution in [2.45, 2.75) is 6.92 Å². The maximum atomic E-state index is 12.5. The predicted octanol–water partition coefficient (Wildman–Crippen LogP) is 5.71. The second kappa shape index (κ2) is 10.8. The summed E-state index contributed by atoms with van der Waals surface area (Å²) in [5.41, 5.74) is 0.872. The Morgan fingerprint density at radius 3 is 2.66 bits per heavy atom. The molecule has 0 spiro atoms. The first kappa shape index (κ1) is 22.6. The molecule has 29 heavy (non-hydrogen) atoms. The second-order valence-electron chi connectivity index (χ2n) is 5.51. The van der Waals surface area contributed by atoms with Crippen LogP contribution in [0, 0.1) is 23.7 Å². The molecule has 0 aliphatic rings. The molecule has 0 aliphatic heterocycles. The molecule has 2 rings (SSSR count). The first-order valence-electron chi connectivity index (χ1n) is 8.30. The Bertz CT molecular complexity index is 1040. The third kappa shape index (κ3) is 6.17. The monoisotopic (exact) mass is 492 g/mol. The van der Waals surface area contributed by atoms with Crippen LogP contribution in [0.5, 0.6) is 11.5 Å². The lowest BCUT2D eigenvalue weighted by atomic mass is 10.1. The minimum atomic E-state index is -0.590.